The topological polar surface area (TPSA) is 29.5 Å². The van der Waals surface area contributed by atoms with Crippen LogP contribution >= 0.6 is 0 Å². The molecule has 14 heavy (non-hydrogen) atoms. The third-order valence-electron chi connectivity index (χ3n) is 2.30. The zero-order valence-electron chi connectivity index (χ0n) is 8.36. The van der Waals surface area contributed by atoms with E-state index in [9.17, 15) is 4.79 Å². The van der Waals surface area contributed by atoms with Gasteiger partial charge in [0.1, 0.15) is 11.9 Å². The van der Waals surface area contributed by atoms with Crippen LogP contribution in [0.1, 0.15) is 13.8 Å². The van der Waals surface area contributed by atoms with Crippen LogP contribution in [0.4, 0.5) is 5.69 Å². The smallest absolute Gasteiger partial charge is 0.224 e. The van der Waals surface area contributed by atoms with Crippen molar-refractivity contribution >= 4 is 11.6 Å². The van der Waals surface area contributed by atoms with Gasteiger partial charge < -0.3 is 9.64 Å². The normalized spacial score (nSPS) is 19.9. The fourth-order valence-corrected chi connectivity index (χ4v) is 1.69. The number of rotatable bonds is 0. The van der Waals surface area contributed by atoms with Crippen molar-refractivity contribution in [2.45, 2.75) is 20.0 Å². The van der Waals surface area contributed by atoms with Crippen molar-refractivity contribution in [1.82, 2.24) is 0 Å². The van der Waals surface area contributed by atoms with E-state index in [1.165, 1.54) is 0 Å². The summed E-state index contributed by atoms with van der Waals surface area (Å²) >= 11 is 0. The number of hydrogen-bond donors (Lipinski definition) is 0. The first-order chi connectivity index (χ1) is 6.68. The van der Waals surface area contributed by atoms with E-state index in [1.807, 2.05) is 31.2 Å². The Bertz CT molecular complexity index is 362. The minimum Gasteiger partial charge on any atom is -0.487 e. The van der Waals surface area contributed by atoms with Gasteiger partial charge in [0.2, 0.25) is 5.91 Å². The van der Waals surface area contributed by atoms with Gasteiger partial charge in [-0.25, -0.2) is 0 Å². The Labute approximate surface area is 83.3 Å². The summed E-state index contributed by atoms with van der Waals surface area (Å²) in [5.41, 5.74) is 0.873. The lowest BCUT2D eigenvalue weighted by Crippen LogP contribution is -2.41. The summed E-state index contributed by atoms with van der Waals surface area (Å²) in [7, 11) is 0. The van der Waals surface area contributed by atoms with E-state index in [4.69, 9.17) is 4.74 Å². The summed E-state index contributed by atoms with van der Waals surface area (Å²) < 4.78 is 5.62. The Morgan fingerprint density at radius 3 is 2.93 bits per heavy atom. The molecule has 1 aliphatic heterocycles. The van der Waals surface area contributed by atoms with Crippen LogP contribution in [0, 0.1) is 0 Å². The van der Waals surface area contributed by atoms with Crippen LogP contribution in [-0.4, -0.2) is 18.6 Å². The second-order valence-corrected chi connectivity index (χ2v) is 3.53. The van der Waals surface area contributed by atoms with Crippen molar-refractivity contribution in [3.05, 3.63) is 24.3 Å². The van der Waals surface area contributed by atoms with Crippen LogP contribution in [0.2, 0.25) is 0 Å². The summed E-state index contributed by atoms with van der Waals surface area (Å²) in [4.78, 5) is 13.1. The van der Waals surface area contributed by atoms with Crippen molar-refractivity contribution in [2.75, 3.05) is 11.4 Å². The van der Waals surface area contributed by atoms with Crippen LogP contribution in [0.5, 0.6) is 5.75 Å². The van der Waals surface area contributed by atoms with Gasteiger partial charge in [-0.15, -0.1) is 0 Å². The van der Waals surface area contributed by atoms with Gasteiger partial charge in [-0.1, -0.05) is 12.1 Å². The van der Waals surface area contributed by atoms with E-state index in [1.54, 1.807) is 11.8 Å². The first kappa shape index (κ1) is 9.06. The number of amides is 1. The minimum absolute atomic E-state index is 0.0626. The lowest BCUT2D eigenvalue weighted by atomic mass is 10.2. The Morgan fingerprint density at radius 2 is 2.21 bits per heavy atom. The lowest BCUT2D eigenvalue weighted by molar-refractivity contribution is -0.117. The number of anilines is 1. The predicted octanol–water partition coefficient (Wildman–Crippen LogP) is 1.82. The zero-order valence-corrected chi connectivity index (χ0v) is 8.36. The van der Waals surface area contributed by atoms with E-state index >= 15 is 0 Å². The monoisotopic (exact) mass is 191 g/mol. The van der Waals surface area contributed by atoms with Gasteiger partial charge in [0.25, 0.3) is 0 Å². The van der Waals surface area contributed by atoms with Crippen molar-refractivity contribution in [2.24, 2.45) is 0 Å². The molecule has 0 aliphatic carbocycles. The highest BCUT2D eigenvalue weighted by Crippen LogP contribution is 2.32. The van der Waals surface area contributed by atoms with Crippen LogP contribution in [-0.2, 0) is 4.79 Å². The zero-order chi connectivity index (χ0) is 10.1. The first-order valence-electron chi connectivity index (χ1n) is 4.72. The van der Waals surface area contributed by atoms with Gasteiger partial charge in [-0.2, -0.15) is 0 Å². The molecule has 0 saturated heterocycles. The standard InChI is InChI=1S/C11H13NO2/c1-8-7-12(9(2)13)10-5-3-4-6-11(10)14-8/h3-6,8H,7H2,1-2H3/t8-/m1/s1. The Balaban J connectivity index is 2.43. The van der Waals surface area contributed by atoms with E-state index < -0.39 is 0 Å². The maximum Gasteiger partial charge on any atom is 0.224 e. The number of nitrogens with zero attached hydrogens (tertiary/aromatic N) is 1. The molecule has 1 heterocycles. The second kappa shape index (κ2) is 3.33. The molecule has 0 spiro atoms. The summed E-state index contributed by atoms with van der Waals surface area (Å²) in [6, 6.07) is 7.62. The fraction of sp³-hybridized carbons (Fsp3) is 0.364. The number of hydrogen-bond acceptors (Lipinski definition) is 2. The average Bonchev–Trinajstić information content (AvgIpc) is 2.16. The van der Waals surface area contributed by atoms with E-state index in [-0.39, 0.29) is 12.0 Å². The van der Waals surface area contributed by atoms with E-state index in [2.05, 4.69) is 0 Å². The third-order valence-corrected chi connectivity index (χ3v) is 2.30. The molecule has 1 aromatic carbocycles. The summed E-state index contributed by atoms with van der Waals surface area (Å²) in [5, 5.41) is 0. The number of benzene rings is 1. The molecule has 0 fully saturated rings. The fourth-order valence-electron chi connectivity index (χ4n) is 1.69. The van der Waals surface area contributed by atoms with Crippen LogP contribution in [0.25, 0.3) is 0 Å². The minimum atomic E-state index is 0.0626. The van der Waals surface area contributed by atoms with Gasteiger partial charge in [0, 0.05) is 6.92 Å². The maximum absolute atomic E-state index is 11.4. The van der Waals surface area contributed by atoms with Gasteiger partial charge >= 0.3 is 0 Å². The summed E-state index contributed by atoms with van der Waals surface area (Å²) in [6.45, 7) is 4.17. The van der Waals surface area contributed by atoms with Crippen molar-refractivity contribution in [3.8, 4) is 5.75 Å². The Hall–Kier alpha value is -1.51. The van der Waals surface area contributed by atoms with Gasteiger partial charge in [-0.3, -0.25) is 4.79 Å². The Morgan fingerprint density at radius 1 is 1.50 bits per heavy atom. The summed E-state index contributed by atoms with van der Waals surface area (Å²) in [5.74, 6) is 0.856. The molecule has 1 atom stereocenters. The lowest BCUT2D eigenvalue weighted by Gasteiger charge is -2.32. The highest BCUT2D eigenvalue weighted by atomic mass is 16.5. The first-order valence-corrected chi connectivity index (χ1v) is 4.72. The molecule has 0 N–H and O–H groups in total. The maximum atomic E-state index is 11.4. The van der Waals surface area contributed by atoms with Gasteiger partial charge in [0.05, 0.1) is 12.2 Å². The van der Waals surface area contributed by atoms with Crippen molar-refractivity contribution in [1.29, 1.82) is 0 Å². The summed E-state index contributed by atoms with van der Waals surface area (Å²) in [6.07, 6.45) is 0.0637. The number of carbonyl (C=O) groups excluding carboxylic acids is 1. The molecule has 0 bridgehead atoms. The number of carbonyl (C=O) groups is 1. The molecule has 0 saturated carbocycles. The van der Waals surface area contributed by atoms with E-state index in [0.717, 1.165) is 11.4 Å². The van der Waals surface area contributed by atoms with Crippen molar-refractivity contribution in [3.63, 3.8) is 0 Å². The SMILES string of the molecule is CC(=O)N1C[C@@H](C)Oc2ccccc21. The number of ether oxygens (including phenoxy) is 1. The highest BCUT2D eigenvalue weighted by molar-refractivity contribution is 5.93. The third kappa shape index (κ3) is 1.45. The Kier molecular flexibility index (Phi) is 2.15. The molecule has 1 aliphatic rings. The molecule has 1 aromatic rings. The largest absolute Gasteiger partial charge is 0.487 e. The van der Waals surface area contributed by atoms with Gasteiger partial charge in [0.15, 0.2) is 0 Å². The molecule has 2 rings (SSSR count). The molecule has 74 valence electrons. The van der Waals surface area contributed by atoms with Crippen molar-refractivity contribution < 1.29 is 9.53 Å². The van der Waals surface area contributed by atoms with Crippen LogP contribution in [0.3, 0.4) is 0 Å². The molecule has 0 aromatic heterocycles. The molecular formula is C11H13NO2. The number of fused-ring (bicyclic) bond motifs is 1. The quantitative estimate of drug-likeness (QED) is 0.626. The van der Waals surface area contributed by atoms with Crippen LogP contribution < -0.4 is 9.64 Å². The van der Waals surface area contributed by atoms with Gasteiger partial charge in [-0.05, 0) is 19.1 Å². The predicted molar refractivity (Wildman–Crippen MR) is 54.6 cm³/mol. The molecule has 3 heteroatoms. The second-order valence-electron chi connectivity index (χ2n) is 3.53. The number of para-hydroxylation sites is 2. The molecular weight excluding hydrogens is 178 g/mol. The van der Waals surface area contributed by atoms with E-state index in [0.29, 0.717) is 6.54 Å². The highest BCUT2D eigenvalue weighted by Gasteiger charge is 2.24. The van der Waals surface area contributed by atoms with Crippen LogP contribution in [0.15, 0.2) is 24.3 Å². The average molecular weight is 191 g/mol. The molecule has 0 unspecified atom stereocenters. The molecule has 3 nitrogen and oxygen atoms in total. The molecule has 1 amide bonds. The molecule has 0 radical (unpaired) electrons.